The van der Waals surface area contributed by atoms with Gasteiger partial charge in [-0.15, -0.1) is 0 Å². The Hall–Kier alpha value is -2.96. The number of amides is 2. The molecular weight excluding hydrogens is 334 g/mol. The zero-order valence-corrected chi connectivity index (χ0v) is 15.0. The van der Waals surface area contributed by atoms with Crippen molar-refractivity contribution >= 4 is 17.5 Å². The number of carbonyl (C=O) groups excluding carboxylic acids is 2. The second-order valence-electron chi connectivity index (χ2n) is 6.32. The highest BCUT2D eigenvalue weighted by molar-refractivity contribution is 5.94. The Morgan fingerprint density at radius 3 is 2.62 bits per heavy atom. The van der Waals surface area contributed by atoms with Crippen LogP contribution in [0.5, 0.6) is 5.75 Å². The first-order valence-electron chi connectivity index (χ1n) is 8.54. The van der Waals surface area contributed by atoms with Gasteiger partial charge in [-0.2, -0.15) is 0 Å². The fraction of sp³-hybridized carbons (Fsp3) is 0.368. The van der Waals surface area contributed by atoms with Gasteiger partial charge in [-0.25, -0.2) is 0 Å². The smallest absolute Gasteiger partial charge is 0.257 e. The molecule has 0 atom stereocenters. The van der Waals surface area contributed by atoms with E-state index in [1.165, 1.54) is 12.5 Å². The van der Waals surface area contributed by atoms with Gasteiger partial charge in [0.05, 0.1) is 18.9 Å². The topological polar surface area (TPSA) is 83.8 Å². The molecule has 2 heterocycles. The van der Waals surface area contributed by atoms with E-state index in [9.17, 15) is 9.59 Å². The number of anilines is 1. The van der Waals surface area contributed by atoms with E-state index in [0.717, 1.165) is 11.4 Å². The zero-order chi connectivity index (χ0) is 18.6. The summed E-state index contributed by atoms with van der Waals surface area (Å²) in [7, 11) is 3.23. The quantitative estimate of drug-likeness (QED) is 0.856. The number of methoxy groups -OCH3 is 1. The Bertz CT molecular complexity index is 765. The largest absolute Gasteiger partial charge is 0.497 e. The predicted molar refractivity (Wildman–Crippen MR) is 97.3 cm³/mol. The number of likely N-dealkylation sites (N-methyl/N-ethyl adjacent to an activating group) is 1. The van der Waals surface area contributed by atoms with Gasteiger partial charge in [-0.05, 0) is 31.0 Å². The maximum absolute atomic E-state index is 12.6. The lowest BCUT2D eigenvalue weighted by Gasteiger charge is -2.41. The minimum absolute atomic E-state index is 0.0781. The Balaban J connectivity index is 1.75. The van der Waals surface area contributed by atoms with Gasteiger partial charge >= 0.3 is 0 Å². The SMILES string of the molecule is CNC(=O)C1(Nc2cccc(OC)c2)CCN(C(=O)c2ccoc2)CC1. The van der Waals surface area contributed by atoms with Crippen molar-refractivity contribution in [1.29, 1.82) is 0 Å². The molecule has 0 aliphatic carbocycles. The van der Waals surface area contributed by atoms with Crippen molar-refractivity contribution in [3.05, 3.63) is 48.4 Å². The van der Waals surface area contributed by atoms with E-state index in [4.69, 9.17) is 9.15 Å². The normalized spacial score (nSPS) is 16.0. The van der Waals surface area contributed by atoms with Gasteiger partial charge in [-0.3, -0.25) is 9.59 Å². The molecule has 2 N–H and O–H groups in total. The fourth-order valence-corrected chi connectivity index (χ4v) is 3.29. The van der Waals surface area contributed by atoms with E-state index in [1.807, 2.05) is 24.3 Å². The van der Waals surface area contributed by atoms with Crippen LogP contribution in [-0.4, -0.2) is 49.5 Å². The lowest BCUT2D eigenvalue weighted by atomic mass is 9.85. The van der Waals surface area contributed by atoms with Crippen LogP contribution in [0, 0.1) is 0 Å². The molecule has 0 saturated carbocycles. The average molecular weight is 357 g/mol. The van der Waals surface area contributed by atoms with Crippen LogP contribution in [0.4, 0.5) is 5.69 Å². The number of benzene rings is 1. The molecule has 2 amide bonds. The third-order valence-corrected chi connectivity index (χ3v) is 4.79. The molecule has 7 heteroatoms. The van der Waals surface area contributed by atoms with Crippen molar-refractivity contribution in [3.8, 4) is 5.75 Å². The van der Waals surface area contributed by atoms with Crippen molar-refractivity contribution in [2.24, 2.45) is 0 Å². The maximum atomic E-state index is 12.6. The van der Waals surface area contributed by atoms with E-state index >= 15 is 0 Å². The predicted octanol–water partition coefficient (Wildman–Crippen LogP) is 2.12. The fourth-order valence-electron chi connectivity index (χ4n) is 3.29. The lowest BCUT2D eigenvalue weighted by molar-refractivity contribution is -0.126. The summed E-state index contributed by atoms with van der Waals surface area (Å²) in [5.74, 6) is 0.552. The van der Waals surface area contributed by atoms with Crippen LogP contribution in [0.1, 0.15) is 23.2 Å². The monoisotopic (exact) mass is 357 g/mol. The molecule has 7 nitrogen and oxygen atoms in total. The number of piperidine rings is 1. The van der Waals surface area contributed by atoms with Crippen molar-refractivity contribution in [2.45, 2.75) is 18.4 Å². The van der Waals surface area contributed by atoms with Crippen molar-refractivity contribution in [1.82, 2.24) is 10.2 Å². The third-order valence-electron chi connectivity index (χ3n) is 4.79. The van der Waals surface area contributed by atoms with Crippen LogP contribution in [0.3, 0.4) is 0 Å². The molecule has 3 rings (SSSR count). The van der Waals surface area contributed by atoms with Crippen LogP contribution in [0.15, 0.2) is 47.3 Å². The summed E-state index contributed by atoms with van der Waals surface area (Å²) in [6.07, 6.45) is 3.94. The number of carbonyl (C=O) groups is 2. The minimum Gasteiger partial charge on any atom is -0.497 e. The van der Waals surface area contributed by atoms with Crippen LogP contribution >= 0.6 is 0 Å². The van der Waals surface area contributed by atoms with E-state index in [1.54, 1.807) is 25.1 Å². The van der Waals surface area contributed by atoms with Gasteiger partial charge in [-0.1, -0.05) is 6.07 Å². The van der Waals surface area contributed by atoms with Crippen LogP contribution in [-0.2, 0) is 4.79 Å². The molecule has 1 aliphatic rings. The highest BCUT2D eigenvalue weighted by Crippen LogP contribution is 2.29. The second kappa shape index (κ2) is 7.51. The molecule has 0 unspecified atom stereocenters. The number of hydrogen-bond donors (Lipinski definition) is 2. The van der Waals surface area contributed by atoms with Gasteiger partial charge < -0.3 is 24.7 Å². The summed E-state index contributed by atoms with van der Waals surface area (Å²) in [6, 6.07) is 9.13. The molecule has 0 spiro atoms. The summed E-state index contributed by atoms with van der Waals surface area (Å²) in [5.41, 5.74) is 0.564. The van der Waals surface area contributed by atoms with E-state index in [0.29, 0.717) is 31.5 Å². The molecule has 26 heavy (non-hydrogen) atoms. The average Bonchev–Trinajstić information content (AvgIpc) is 3.22. The first-order chi connectivity index (χ1) is 12.6. The summed E-state index contributed by atoms with van der Waals surface area (Å²) in [6.45, 7) is 0.961. The van der Waals surface area contributed by atoms with E-state index in [-0.39, 0.29) is 11.8 Å². The first-order valence-corrected chi connectivity index (χ1v) is 8.54. The van der Waals surface area contributed by atoms with Crippen LogP contribution < -0.4 is 15.4 Å². The summed E-state index contributed by atoms with van der Waals surface area (Å²) in [5, 5.41) is 6.11. The summed E-state index contributed by atoms with van der Waals surface area (Å²) < 4.78 is 10.2. The first kappa shape index (κ1) is 17.8. The molecule has 1 aromatic carbocycles. The van der Waals surface area contributed by atoms with Crippen molar-refractivity contribution in [3.63, 3.8) is 0 Å². The van der Waals surface area contributed by atoms with Crippen molar-refractivity contribution < 1.29 is 18.7 Å². The summed E-state index contributed by atoms with van der Waals surface area (Å²) in [4.78, 5) is 26.9. The number of rotatable bonds is 5. The highest BCUT2D eigenvalue weighted by atomic mass is 16.5. The molecule has 0 radical (unpaired) electrons. The number of nitrogens with zero attached hydrogens (tertiary/aromatic N) is 1. The van der Waals surface area contributed by atoms with Gasteiger partial charge in [0.2, 0.25) is 5.91 Å². The standard InChI is InChI=1S/C19H23N3O4/c1-20-18(24)19(21-15-4-3-5-16(12-15)25-2)7-9-22(10-8-19)17(23)14-6-11-26-13-14/h3-6,11-13,21H,7-10H2,1-2H3,(H,20,24). The second-order valence-corrected chi connectivity index (χ2v) is 6.32. The number of hydrogen-bond acceptors (Lipinski definition) is 5. The maximum Gasteiger partial charge on any atom is 0.257 e. The molecule has 2 aromatic rings. The Morgan fingerprint density at radius 1 is 1.23 bits per heavy atom. The van der Waals surface area contributed by atoms with Gasteiger partial charge in [0.1, 0.15) is 17.6 Å². The number of likely N-dealkylation sites (tertiary alicyclic amines) is 1. The van der Waals surface area contributed by atoms with E-state index in [2.05, 4.69) is 10.6 Å². The molecule has 0 bridgehead atoms. The Labute approximate surface area is 152 Å². The Kier molecular flexibility index (Phi) is 5.16. The zero-order valence-electron chi connectivity index (χ0n) is 15.0. The molecule has 1 fully saturated rings. The number of nitrogens with one attached hydrogen (secondary N) is 2. The van der Waals surface area contributed by atoms with Gasteiger partial charge in [0.25, 0.3) is 5.91 Å². The molecule has 138 valence electrons. The summed E-state index contributed by atoms with van der Waals surface area (Å²) >= 11 is 0. The Morgan fingerprint density at radius 2 is 2.00 bits per heavy atom. The van der Waals surface area contributed by atoms with Gasteiger partial charge in [0, 0.05) is 31.9 Å². The number of ether oxygens (including phenoxy) is 1. The van der Waals surface area contributed by atoms with E-state index < -0.39 is 5.54 Å². The third kappa shape index (κ3) is 3.51. The molecule has 1 aliphatic heterocycles. The molecule has 1 aromatic heterocycles. The van der Waals surface area contributed by atoms with Crippen LogP contribution in [0.25, 0.3) is 0 Å². The molecule has 1 saturated heterocycles. The lowest BCUT2D eigenvalue weighted by Crippen LogP contribution is -2.58. The minimum atomic E-state index is -0.770. The highest BCUT2D eigenvalue weighted by Gasteiger charge is 2.42. The van der Waals surface area contributed by atoms with Crippen molar-refractivity contribution in [2.75, 3.05) is 32.6 Å². The van der Waals surface area contributed by atoms with Gasteiger partial charge in [0.15, 0.2) is 0 Å². The number of furan rings is 1. The molecular formula is C19H23N3O4. The van der Waals surface area contributed by atoms with Crippen LogP contribution in [0.2, 0.25) is 0 Å².